The number of nitrogens with one attached hydrogen (secondary N) is 2. The van der Waals surface area contributed by atoms with E-state index in [-0.39, 0.29) is 11.7 Å². The molecule has 0 spiro atoms. The summed E-state index contributed by atoms with van der Waals surface area (Å²) in [7, 11) is -3.18. The fourth-order valence-corrected chi connectivity index (χ4v) is 2.38. The van der Waals surface area contributed by atoms with Gasteiger partial charge in [-0.1, -0.05) is 30.3 Å². The third kappa shape index (κ3) is 5.45. The molecule has 0 aliphatic heterocycles. The molecule has 0 aliphatic rings. The van der Waals surface area contributed by atoms with Gasteiger partial charge in [0.2, 0.25) is 15.9 Å². The topological polar surface area (TPSA) is 101 Å². The predicted molar refractivity (Wildman–Crippen MR) is 83.1 cm³/mol. The molecule has 0 heterocycles. The van der Waals surface area contributed by atoms with Gasteiger partial charge < -0.3 is 11.1 Å². The average Bonchev–Trinajstić information content (AvgIpc) is 2.47. The van der Waals surface area contributed by atoms with Crippen LogP contribution >= 0.6 is 0 Å². The number of hydrogen-bond acceptors (Lipinski definition) is 4. The highest BCUT2D eigenvalue weighted by Crippen LogP contribution is 2.17. The Morgan fingerprint density at radius 3 is 2.43 bits per heavy atom. The van der Waals surface area contributed by atoms with E-state index in [1.165, 1.54) is 0 Å². The van der Waals surface area contributed by atoms with Gasteiger partial charge in [0.25, 0.3) is 0 Å². The molecule has 118 valence electrons. The van der Waals surface area contributed by atoms with Gasteiger partial charge in [0.05, 0.1) is 5.75 Å². The van der Waals surface area contributed by atoms with Crippen molar-refractivity contribution in [1.29, 1.82) is 0 Å². The van der Waals surface area contributed by atoms with E-state index in [0.717, 1.165) is 5.56 Å². The van der Waals surface area contributed by atoms with Crippen molar-refractivity contribution >= 4 is 15.9 Å². The van der Waals surface area contributed by atoms with Crippen molar-refractivity contribution in [3.63, 3.8) is 0 Å². The minimum absolute atomic E-state index is 0.0498. The molecule has 0 bridgehead atoms. The van der Waals surface area contributed by atoms with Crippen LogP contribution in [0.25, 0.3) is 0 Å². The molecule has 1 atom stereocenters. The van der Waals surface area contributed by atoms with Crippen LogP contribution in [0, 0.1) is 0 Å². The second-order valence-corrected chi connectivity index (χ2v) is 7.07. The summed E-state index contributed by atoms with van der Waals surface area (Å²) in [5.41, 5.74) is 5.69. The number of sulfonamides is 1. The van der Waals surface area contributed by atoms with Crippen molar-refractivity contribution in [2.75, 3.05) is 18.8 Å². The highest BCUT2D eigenvalue weighted by atomic mass is 32.2. The van der Waals surface area contributed by atoms with Gasteiger partial charge in [0, 0.05) is 13.1 Å². The summed E-state index contributed by atoms with van der Waals surface area (Å²) in [5, 5.41) is 2.73. The lowest BCUT2D eigenvalue weighted by Crippen LogP contribution is -2.49. The molecular formula is C14H23N3O3S. The van der Waals surface area contributed by atoms with E-state index >= 15 is 0 Å². The molecule has 1 unspecified atom stereocenters. The lowest BCUT2D eigenvalue weighted by molar-refractivity contribution is -0.126. The quantitative estimate of drug-likeness (QED) is 0.601. The molecule has 0 saturated heterocycles. The first-order valence-corrected chi connectivity index (χ1v) is 8.55. The largest absolute Gasteiger partial charge is 0.354 e. The van der Waals surface area contributed by atoms with Gasteiger partial charge in [-0.05, 0) is 25.8 Å². The van der Waals surface area contributed by atoms with Crippen LogP contribution in [0.4, 0.5) is 0 Å². The van der Waals surface area contributed by atoms with Gasteiger partial charge in [-0.25, -0.2) is 13.1 Å². The molecule has 0 saturated carbocycles. The second-order valence-electron chi connectivity index (χ2n) is 4.98. The third-order valence-electron chi connectivity index (χ3n) is 3.19. The number of carbonyl (C=O) groups is 1. The number of carbonyl (C=O) groups excluding carboxylic acids is 1. The van der Waals surface area contributed by atoms with E-state index in [2.05, 4.69) is 10.0 Å². The molecule has 4 N–H and O–H groups in total. The first kappa shape index (κ1) is 17.6. The summed E-state index contributed by atoms with van der Waals surface area (Å²) >= 11 is 0. The smallest absolute Gasteiger partial charge is 0.244 e. The molecule has 0 aromatic heterocycles. The van der Waals surface area contributed by atoms with Crippen LogP contribution in [-0.2, 0) is 20.4 Å². The van der Waals surface area contributed by atoms with Gasteiger partial charge in [-0.15, -0.1) is 0 Å². The maximum atomic E-state index is 12.1. The number of benzene rings is 1. The molecule has 0 radical (unpaired) electrons. The Kier molecular flexibility index (Phi) is 6.32. The zero-order valence-electron chi connectivity index (χ0n) is 12.4. The Morgan fingerprint density at radius 1 is 1.24 bits per heavy atom. The fraction of sp³-hybridized carbons (Fsp3) is 0.500. The molecule has 1 aromatic carbocycles. The molecule has 7 heteroatoms. The predicted octanol–water partition coefficient (Wildman–Crippen LogP) is 0.306. The maximum absolute atomic E-state index is 12.1. The van der Waals surface area contributed by atoms with E-state index in [4.69, 9.17) is 5.73 Å². The second kappa shape index (κ2) is 7.53. The van der Waals surface area contributed by atoms with Crippen molar-refractivity contribution < 1.29 is 13.2 Å². The lowest BCUT2D eigenvalue weighted by atomic mass is 9.92. The molecule has 1 aromatic rings. The van der Waals surface area contributed by atoms with E-state index in [9.17, 15) is 13.2 Å². The van der Waals surface area contributed by atoms with Gasteiger partial charge in [-0.3, -0.25) is 4.79 Å². The van der Waals surface area contributed by atoms with Crippen LogP contribution in [0.3, 0.4) is 0 Å². The summed E-state index contributed by atoms with van der Waals surface area (Å²) in [6.45, 7) is 3.88. The van der Waals surface area contributed by atoms with E-state index in [0.29, 0.717) is 19.5 Å². The lowest BCUT2D eigenvalue weighted by Gasteiger charge is -2.24. The Morgan fingerprint density at radius 2 is 1.86 bits per heavy atom. The van der Waals surface area contributed by atoms with Crippen LogP contribution < -0.4 is 15.8 Å². The zero-order valence-corrected chi connectivity index (χ0v) is 13.2. The first-order chi connectivity index (χ1) is 9.79. The van der Waals surface area contributed by atoms with Crippen LogP contribution in [-0.4, -0.2) is 33.2 Å². The summed E-state index contributed by atoms with van der Waals surface area (Å²) in [4.78, 5) is 12.1. The standard InChI is InChI=1S/C14H23N3O3S/c1-3-21(19,20)17-11-7-10-16-13(18)14(2,15)12-8-5-4-6-9-12/h4-6,8-9,17H,3,7,10-11,15H2,1-2H3,(H,16,18). The molecule has 0 aliphatic carbocycles. The molecule has 1 rings (SSSR count). The van der Waals surface area contributed by atoms with E-state index < -0.39 is 15.6 Å². The van der Waals surface area contributed by atoms with Crippen LogP contribution in [0.5, 0.6) is 0 Å². The van der Waals surface area contributed by atoms with Crippen molar-refractivity contribution in [3.8, 4) is 0 Å². The highest BCUT2D eigenvalue weighted by Gasteiger charge is 2.29. The molecule has 1 amide bonds. The fourth-order valence-electron chi connectivity index (χ4n) is 1.72. The van der Waals surface area contributed by atoms with Crippen molar-refractivity contribution in [2.24, 2.45) is 5.73 Å². The third-order valence-corrected chi connectivity index (χ3v) is 4.59. The summed E-state index contributed by atoms with van der Waals surface area (Å²) < 4.78 is 24.9. The van der Waals surface area contributed by atoms with Gasteiger partial charge in [0.15, 0.2) is 0 Å². The number of hydrogen-bond donors (Lipinski definition) is 3. The van der Waals surface area contributed by atoms with E-state index in [1.54, 1.807) is 26.0 Å². The van der Waals surface area contributed by atoms with Crippen LogP contribution in [0.2, 0.25) is 0 Å². The summed E-state index contributed by atoms with van der Waals surface area (Å²) in [6.07, 6.45) is 0.510. The van der Waals surface area contributed by atoms with Gasteiger partial charge >= 0.3 is 0 Å². The van der Waals surface area contributed by atoms with Gasteiger partial charge in [0.1, 0.15) is 5.54 Å². The Labute approximate surface area is 126 Å². The first-order valence-electron chi connectivity index (χ1n) is 6.89. The Hall–Kier alpha value is -1.44. The highest BCUT2D eigenvalue weighted by molar-refractivity contribution is 7.89. The minimum Gasteiger partial charge on any atom is -0.354 e. The van der Waals surface area contributed by atoms with Crippen molar-refractivity contribution in [1.82, 2.24) is 10.0 Å². The summed E-state index contributed by atoms with van der Waals surface area (Å²) in [5.74, 6) is -0.235. The molecule has 21 heavy (non-hydrogen) atoms. The number of amides is 1. The zero-order chi connectivity index (χ0) is 15.9. The Balaban J connectivity index is 2.41. The number of rotatable bonds is 8. The monoisotopic (exact) mass is 313 g/mol. The maximum Gasteiger partial charge on any atom is 0.244 e. The van der Waals surface area contributed by atoms with Crippen LogP contribution in [0.1, 0.15) is 25.8 Å². The average molecular weight is 313 g/mol. The van der Waals surface area contributed by atoms with E-state index in [1.807, 2.05) is 18.2 Å². The summed E-state index contributed by atoms with van der Waals surface area (Å²) in [6, 6.07) is 9.11. The SMILES string of the molecule is CCS(=O)(=O)NCCCNC(=O)C(C)(N)c1ccccc1. The minimum atomic E-state index is -3.18. The molecule has 6 nitrogen and oxygen atoms in total. The normalized spacial score (nSPS) is 14.4. The van der Waals surface area contributed by atoms with Gasteiger partial charge in [-0.2, -0.15) is 0 Å². The van der Waals surface area contributed by atoms with Crippen molar-refractivity contribution in [3.05, 3.63) is 35.9 Å². The Bertz CT molecular complexity index is 556. The molecular weight excluding hydrogens is 290 g/mol. The van der Waals surface area contributed by atoms with Crippen molar-refractivity contribution in [2.45, 2.75) is 25.8 Å². The van der Waals surface area contributed by atoms with Crippen LogP contribution in [0.15, 0.2) is 30.3 Å². The molecule has 0 fully saturated rings. The number of nitrogens with two attached hydrogens (primary N) is 1.